The maximum absolute atomic E-state index is 8.18. The number of rotatable bonds is 2. The van der Waals surface area contributed by atoms with Gasteiger partial charge in [-0.25, -0.2) is 31.6 Å². The van der Waals surface area contributed by atoms with E-state index in [2.05, 4.69) is 9.31 Å². The summed E-state index contributed by atoms with van der Waals surface area (Å²) in [4.78, 5) is 0. The first kappa shape index (κ1) is 22.0. The van der Waals surface area contributed by atoms with Gasteiger partial charge in [-0.15, -0.1) is 0 Å². The third-order valence-electron chi connectivity index (χ3n) is 1.80. The van der Waals surface area contributed by atoms with Crippen molar-refractivity contribution >= 4 is 35.8 Å². The van der Waals surface area contributed by atoms with Gasteiger partial charge in [-0.2, -0.15) is 0 Å². The zero-order chi connectivity index (χ0) is 14.7. The Morgan fingerprint density at radius 2 is 0.737 bits per heavy atom. The summed E-state index contributed by atoms with van der Waals surface area (Å²) >= 11 is 0. The van der Waals surface area contributed by atoms with Gasteiger partial charge in [-0.3, -0.25) is 0 Å². The van der Waals surface area contributed by atoms with E-state index in [1.54, 1.807) is 0 Å². The van der Waals surface area contributed by atoms with Crippen molar-refractivity contribution in [3.63, 3.8) is 0 Å². The fourth-order valence-electron chi connectivity index (χ4n) is 0.489. The monoisotopic (exact) mass is 264 g/mol. The largest absolute Gasteiger partial charge is 2.00 e. The molecule has 19 heavy (non-hydrogen) atoms. The van der Waals surface area contributed by atoms with Crippen molar-refractivity contribution in [1.82, 2.24) is 0 Å². The molecule has 8 nitrogen and oxygen atoms in total. The Balaban J connectivity index is -0.000000256. The number of nitrogens with zero attached hydrogens (tertiary/aromatic N) is 6. The molecule has 0 saturated heterocycles. The van der Waals surface area contributed by atoms with E-state index in [0.29, 0.717) is 0 Å². The number of hydrogen-bond acceptors (Lipinski definition) is 8. The molecule has 0 N–H and O–H groups in total. The Kier molecular flexibility index (Phi) is 12.6. The predicted octanol–water partition coefficient (Wildman–Crippen LogP) is -0.848. The smallest absolute Gasteiger partial charge is 0.559 e. The van der Waals surface area contributed by atoms with Crippen LogP contribution in [-0.2, 0) is 9.31 Å². The van der Waals surface area contributed by atoms with Gasteiger partial charge in [0.15, 0.2) is 0 Å². The van der Waals surface area contributed by atoms with E-state index in [1.165, 1.54) is 35.8 Å². The molecule has 0 spiro atoms. The van der Waals surface area contributed by atoms with E-state index < -0.39 is 12.7 Å². The molecule has 0 aliphatic heterocycles. The molecule has 88 valence electrons. The van der Waals surface area contributed by atoms with E-state index in [0.717, 1.165) is 14.2 Å². The molecule has 0 heterocycles. The predicted molar refractivity (Wildman–Crippen MR) is 65.0 cm³/mol. The molecular formula is C8H6B2MgN6O2. The molecule has 0 rings (SSSR count). The molecule has 0 aromatic rings. The average molecular weight is 264 g/mol. The molecule has 0 bridgehead atoms. The Morgan fingerprint density at radius 3 is 0.737 bits per heavy atom. The third kappa shape index (κ3) is 6.30. The first-order valence-corrected chi connectivity index (χ1v) is 4.36. The van der Waals surface area contributed by atoms with Crippen molar-refractivity contribution in [1.29, 1.82) is 31.6 Å². The van der Waals surface area contributed by atoms with Gasteiger partial charge < -0.3 is 9.31 Å². The van der Waals surface area contributed by atoms with Gasteiger partial charge in [0, 0.05) is 0 Å². The van der Waals surface area contributed by atoms with Gasteiger partial charge in [-0.05, 0) is 14.2 Å². The van der Waals surface area contributed by atoms with Crippen molar-refractivity contribution in [2.75, 3.05) is 14.2 Å². The summed E-state index contributed by atoms with van der Waals surface area (Å²) in [5, 5.41) is 49.1. The van der Waals surface area contributed by atoms with Crippen LogP contribution in [0.25, 0.3) is 0 Å². The van der Waals surface area contributed by atoms with Crippen LogP contribution in [0.5, 0.6) is 0 Å². The topological polar surface area (TPSA) is 161 Å². The summed E-state index contributed by atoms with van der Waals surface area (Å²) in [6, 6.07) is 0. The molecule has 0 fully saturated rings. The third-order valence-corrected chi connectivity index (χ3v) is 1.80. The Labute approximate surface area is 127 Å². The van der Waals surface area contributed by atoms with Crippen LogP contribution in [0.3, 0.4) is 0 Å². The molecule has 0 radical (unpaired) electrons. The van der Waals surface area contributed by atoms with Gasteiger partial charge in [-0.1, -0.05) is 35.8 Å². The fourth-order valence-corrected chi connectivity index (χ4v) is 0.489. The van der Waals surface area contributed by atoms with Crippen molar-refractivity contribution in [2.45, 2.75) is 0 Å². The Hall–Kier alpha value is -2.24. The van der Waals surface area contributed by atoms with Crippen LogP contribution in [0, 0.1) is 67.4 Å². The maximum Gasteiger partial charge on any atom is 2.00 e. The van der Waals surface area contributed by atoms with E-state index >= 15 is 0 Å². The van der Waals surface area contributed by atoms with Gasteiger partial charge >= 0.3 is 35.8 Å². The summed E-state index contributed by atoms with van der Waals surface area (Å²) in [7, 11) is 2.32. The molecule has 0 aromatic heterocycles. The minimum atomic E-state index is -2.53. The van der Waals surface area contributed by atoms with Gasteiger partial charge in [0.1, 0.15) is 0 Å². The van der Waals surface area contributed by atoms with Crippen LogP contribution in [0.15, 0.2) is 0 Å². The first-order valence-electron chi connectivity index (χ1n) is 4.36. The molecule has 11 heteroatoms. The second-order valence-electron chi connectivity index (χ2n) is 2.82. The Bertz CT molecular complexity index is 418. The first-order chi connectivity index (χ1) is 8.49. The standard InChI is InChI=1S/2C4H3BN3O.Mg/c2*1-9-5(2-6,3-7)4-8;/h2*1H3;/q2*-1;+2. The van der Waals surface area contributed by atoms with Crippen LogP contribution >= 0.6 is 0 Å². The van der Waals surface area contributed by atoms with Crippen LogP contribution in [0.2, 0.25) is 0 Å². The molecule has 0 atom stereocenters. The van der Waals surface area contributed by atoms with E-state index in [1.807, 2.05) is 0 Å². The minimum Gasteiger partial charge on any atom is -0.559 e. The SMILES string of the molecule is CO[B-](C#N)(C#N)C#N.CO[B-](C#N)(C#N)C#N.[Mg+2]. The molecule has 0 unspecified atom stereocenters. The number of nitriles is 6. The average Bonchev–Trinajstić information content (AvgIpc) is 2.46. The maximum atomic E-state index is 8.18. The van der Waals surface area contributed by atoms with Crippen LogP contribution in [-0.4, -0.2) is 50.0 Å². The summed E-state index contributed by atoms with van der Waals surface area (Å²) in [6.07, 6.45) is -5.06. The Morgan fingerprint density at radius 1 is 0.579 bits per heavy atom. The normalized spacial score (nSPS) is 8.21. The summed E-state index contributed by atoms with van der Waals surface area (Å²) < 4.78 is 8.73. The quantitative estimate of drug-likeness (QED) is 0.582. The fraction of sp³-hybridized carbons (Fsp3) is 0.250. The van der Waals surface area contributed by atoms with Crippen molar-refractivity contribution in [2.24, 2.45) is 0 Å². The van der Waals surface area contributed by atoms with E-state index in [-0.39, 0.29) is 23.1 Å². The molecule has 0 amide bonds. The second-order valence-corrected chi connectivity index (χ2v) is 2.82. The minimum absolute atomic E-state index is 0. The zero-order valence-electron chi connectivity index (χ0n) is 10.4. The van der Waals surface area contributed by atoms with Crippen molar-refractivity contribution in [3.8, 4) is 35.8 Å². The molecule has 0 aromatic carbocycles. The summed E-state index contributed by atoms with van der Waals surface area (Å²) in [5.41, 5.74) is 0. The number of hydrogen-bond donors (Lipinski definition) is 0. The molecular weight excluding hydrogens is 258 g/mol. The van der Waals surface area contributed by atoms with Crippen molar-refractivity contribution in [3.05, 3.63) is 0 Å². The van der Waals surface area contributed by atoms with Gasteiger partial charge in [0.25, 0.3) is 0 Å². The van der Waals surface area contributed by atoms with Gasteiger partial charge in [0.05, 0.1) is 0 Å². The summed E-state index contributed by atoms with van der Waals surface area (Å²) in [6.45, 7) is 0. The molecule has 0 aliphatic carbocycles. The van der Waals surface area contributed by atoms with E-state index in [4.69, 9.17) is 31.6 Å². The van der Waals surface area contributed by atoms with Gasteiger partial charge in [0.2, 0.25) is 0 Å². The van der Waals surface area contributed by atoms with Crippen LogP contribution in [0.4, 0.5) is 0 Å². The van der Waals surface area contributed by atoms with Crippen molar-refractivity contribution < 1.29 is 9.31 Å². The van der Waals surface area contributed by atoms with Crippen LogP contribution < -0.4 is 0 Å². The van der Waals surface area contributed by atoms with Crippen LogP contribution in [0.1, 0.15) is 0 Å². The van der Waals surface area contributed by atoms with E-state index in [9.17, 15) is 0 Å². The zero-order valence-corrected chi connectivity index (χ0v) is 11.8. The second kappa shape index (κ2) is 10.9. The molecule has 0 aliphatic rings. The molecule has 0 saturated carbocycles. The summed E-state index contributed by atoms with van der Waals surface area (Å²) in [5.74, 6) is 8.90.